The van der Waals surface area contributed by atoms with Crippen LogP contribution in [0.25, 0.3) is 11.3 Å². The first kappa shape index (κ1) is 10.5. The Balaban J connectivity index is 2.59. The van der Waals surface area contributed by atoms with Crippen molar-refractivity contribution in [2.24, 2.45) is 0 Å². The molecule has 1 heterocycles. The summed E-state index contributed by atoms with van der Waals surface area (Å²) in [5.41, 5.74) is 8.92. The van der Waals surface area contributed by atoms with E-state index in [2.05, 4.69) is 4.98 Å². The topological polar surface area (TPSA) is 38.9 Å². The standard InChI is InChI=1S/C11H11ClN2S/c1-6-5-8(12)3-4-9(6)10-11(13)15-7(2)14-10/h3-5H,13H2,1-2H3. The molecule has 0 atom stereocenters. The van der Waals surface area contributed by atoms with Gasteiger partial charge in [-0.3, -0.25) is 0 Å². The molecule has 0 radical (unpaired) electrons. The fraction of sp³-hybridized carbons (Fsp3) is 0.182. The number of aryl methyl sites for hydroxylation is 2. The second-order valence-corrected chi connectivity index (χ2v) is 5.08. The molecule has 2 nitrogen and oxygen atoms in total. The summed E-state index contributed by atoms with van der Waals surface area (Å²) in [7, 11) is 0. The van der Waals surface area contributed by atoms with Gasteiger partial charge in [0.1, 0.15) is 10.7 Å². The molecule has 0 spiro atoms. The molecule has 2 aromatic rings. The Morgan fingerprint density at radius 2 is 2.07 bits per heavy atom. The number of nitrogens with two attached hydrogens (primary N) is 1. The van der Waals surface area contributed by atoms with Gasteiger partial charge in [-0.05, 0) is 31.5 Å². The lowest BCUT2D eigenvalue weighted by molar-refractivity contribution is 1.29. The molecule has 0 aliphatic carbocycles. The van der Waals surface area contributed by atoms with Crippen LogP contribution in [0.3, 0.4) is 0 Å². The number of aromatic nitrogens is 1. The van der Waals surface area contributed by atoms with Crippen molar-refractivity contribution in [1.82, 2.24) is 4.98 Å². The SMILES string of the molecule is Cc1nc(-c2ccc(Cl)cc2C)c(N)s1. The molecule has 0 saturated carbocycles. The van der Waals surface area contributed by atoms with Gasteiger partial charge in [0.15, 0.2) is 0 Å². The van der Waals surface area contributed by atoms with Gasteiger partial charge in [-0.1, -0.05) is 17.7 Å². The minimum atomic E-state index is 0.738. The Kier molecular flexibility index (Phi) is 2.67. The van der Waals surface area contributed by atoms with Gasteiger partial charge in [-0.2, -0.15) is 0 Å². The Labute approximate surface area is 97.7 Å². The highest BCUT2D eigenvalue weighted by atomic mass is 35.5. The molecule has 2 N–H and O–H groups in total. The van der Waals surface area contributed by atoms with Crippen LogP contribution in [-0.2, 0) is 0 Å². The van der Waals surface area contributed by atoms with Crippen molar-refractivity contribution < 1.29 is 0 Å². The maximum absolute atomic E-state index is 5.90. The predicted octanol–water partition coefficient (Wildman–Crippen LogP) is 3.66. The molecule has 2 rings (SSSR count). The molecule has 0 aliphatic rings. The van der Waals surface area contributed by atoms with E-state index in [9.17, 15) is 0 Å². The lowest BCUT2D eigenvalue weighted by atomic mass is 10.1. The van der Waals surface area contributed by atoms with Crippen LogP contribution in [0, 0.1) is 13.8 Å². The highest BCUT2D eigenvalue weighted by Crippen LogP contribution is 2.33. The Morgan fingerprint density at radius 1 is 1.33 bits per heavy atom. The molecule has 0 fully saturated rings. The summed E-state index contributed by atoms with van der Waals surface area (Å²) < 4.78 is 0. The van der Waals surface area contributed by atoms with Crippen LogP contribution in [-0.4, -0.2) is 4.98 Å². The van der Waals surface area contributed by atoms with Gasteiger partial charge in [0.2, 0.25) is 0 Å². The van der Waals surface area contributed by atoms with Crippen molar-refractivity contribution in [2.45, 2.75) is 13.8 Å². The maximum atomic E-state index is 5.90. The third-order valence-corrected chi connectivity index (χ3v) is 3.24. The van der Waals surface area contributed by atoms with E-state index in [0.29, 0.717) is 0 Å². The van der Waals surface area contributed by atoms with E-state index in [0.717, 1.165) is 31.9 Å². The molecule has 78 valence electrons. The van der Waals surface area contributed by atoms with E-state index < -0.39 is 0 Å². The summed E-state index contributed by atoms with van der Waals surface area (Å²) in [6.45, 7) is 3.96. The van der Waals surface area contributed by atoms with Crippen molar-refractivity contribution in [3.05, 3.63) is 33.8 Å². The zero-order chi connectivity index (χ0) is 11.0. The quantitative estimate of drug-likeness (QED) is 0.824. The van der Waals surface area contributed by atoms with Crippen LogP contribution in [0.5, 0.6) is 0 Å². The van der Waals surface area contributed by atoms with Crippen LogP contribution >= 0.6 is 22.9 Å². The average molecular weight is 239 g/mol. The van der Waals surface area contributed by atoms with Gasteiger partial charge in [-0.25, -0.2) is 4.98 Å². The highest BCUT2D eigenvalue weighted by molar-refractivity contribution is 7.16. The van der Waals surface area contributed by atoms with E-state index in [1.807, 2.05) is 32.0 Å². The van der Waals surface area contributed by atoms with Crippen LogP contribution in [0.15, 0.2) is 18.2 Å². The third-order valence-electron chi connectivity index (χ3n) is 2.20. The number of rotatable bonds is 1. The minimum Gasteiger partial charge on any atom is -0.389 e. The summed E-state index contributed by atoms with van der Waals surface area (Å²) in [6, 6.07) is 5.74. The first-order chi connectivity index (χ1) is 7.08. The van der Waals surface area contributed by atoms with Gasteiger partial charge in [0, 0.05) is 10.6 Å². The summed E-state index contributed by atoms with van der Waals surface area (Å²) in [5.74, 6) is 0. The smallest absolute Gasteiger partial charge is 0.114 e. The zero-order valence-corrected chi connectivity index (χ0v) is 10.1. The van der Waals surface area contributed by atoms with Crippen molar-refractivity contribution in [3.8, 4) is 11.3 Å². The fourth-order valence-corrected chi connectivity index (χ4v) is 2.46. The number of benzene rings is 1. The van der Waals surface area contributed by atoms with Crippen molar-refractivity contribution in [2.75, 3.05) is 5.73 Å². The number of halogens is 1. The van der Waals surface area contributed by atoms with Crippen LogP contribution in [0.1, 0.15) is 10.6 Å². The van der Waals surface area contributed by atoms with Gasteiger partial charge in [-0.15, -0.1) is 11.3 Å². The van der Waals surface area contributed by atoms with Crippen LogP contribution in [0.4, 0.5) is 5.00 Å². The molecular formula is C11H11ClN2S. The summed E-state index contributed by atoms with van der Waals surface area (Å²) in [5, 5.41) is 2.48. The highest BCUT2D eigenvalue weighted by Gasteiger charge is 2.10. The normalized spacial score (nSPS) is 10.6. The fourth-order valence-electron chi connectivity index (χ4n) is 1.53. The summed E-state index contributed by atoms with van der Waals surface area (Å²) in [4.78, 5) is 4.42. The minimum absolute atomic E-state index is 0.738. The van der Waals surface area contributed by atoms with Crippen LogP contribution in [0.2, 0.25) is 5.02 Å². The first-order valence-electron chi connectivity index (χ1n) is 4.57. The van der Waals surface area contributed by atoms with Crippen molar-refractivity contribution >= 4 is 27.9 Å². The monoisotopic (exact) mass is 238 g/mol. The van der Waals surface area contributed by atoms with Gasteiger partial charge in [0.25, 0.3) is 0 Å². The average Bonchev–Trinajstić information content (AvgIpc) is 2.45. The van der Waals surface area contributed by atoms with Crippen molar-refractivity contribution in [1.29, 1.82) is 0 Å². The molecule has 15 heavy (non-hydrogen) atoms. The lowest BCUT2D eigenvalue weighted by Gasteiger charge is -2.03. The lowest BCUT2D eigenvalue weighted by Crippen LogP contribution is -1.88. The van der Waals surface area contributed by atoms with E-state index in [1.54, 1.807) is 0 Å². The number of hydrogen-bond acceptors (Lipinski definition) is 3. The number of anilines is 1. The molecule has 4 heteroatoms. The van der Waals surface area contributed by atoms with E-state index in [1.165, 1.54) is 11.3 Å². The number of nitrogen functional groups attached to an aromatic ring is 1. The van der Waals surface area contributed by atoms with E-state index in [-0.39, 0.29) is 0 Å². The molecule has 1 aromatic heterocycles. The maximum Gasteiger partial charge on any atom is 0.114 e. The summed E-state index contributed by atoms with van der Waals surface area (Å²) in [6.07, 6.45) is 0. The van der Waals surface area contributed by atoms with Crippen molar-refractivity contribution in [3.63, 3.8) is 0 Å². The molecule has 0 unspecified atom stereocenters. The molecular weight excluding hydrogens is 228 g/mol. The zero-order valence-electron chi connectivity index (χ0n) is 8.54. The molecule has 0 amide bonds. The van der Waals surface area contributed by atoms with E-state index in [4.69, 9.17) is 17.3 Å². The van der Waals surface area contributed by atoms with Gasteiger partial charge < -0.3 is 5.73 Å². The Bertz CT molecular complexity index is 505. The third kappa shape index (κ3) is 1.98. The molecule has 0 saturated heterocycles. The first-order valence-corrected chi connectivity index (χ1v) is 5.77. The second kappa shape index (κ2) is 3.83. The summed E-state index contributed by atoms with van der Waals surface area (Å²) >= 11 is 7.41. The number of thiazole rings is 1. The Hall–Kier alpha value is -1.06. The number of nitrogens with zero attached hydrogens (tertiary/aromatic N) is 1. The van der Waals surface area contributed by atoms with Gasteiger partial charge in [0.05, 0.1) is 5.01 Å². The second-order valence-electron chi connectivity index (χ2n) is 3.40. The Morgan fingerprint density at radius 3 is 2.60 bits per heavy atom. The van der Waals surface area contributed by atoms with E-state index >= 15 is 0 Å². The predicted molar refractivity (Wildman–Crippen MR) is 66.4 cm³/mol. The van der Waals surface area contributed by atoms with Crippen LogP contribution < -0.4 is 5.73 Å². The molecule has 0 aliphatic heterocycles. The number of hydrogen-bond donors (Lipinski definition) is 1. The largest absolute Gasteiger partial charge is 0.389 e. The molecule has 1 aromatic carbocycles. The van der Waals surface area contributed by atoms with Gasteiger partial charge >= 0.3 is 0 Å². The molecule has 0 bridgehead atoms.